The van der Waals surface area contributed by atoms with Crippen LogP contribution in [0.15, 0.2) is 24.3 Å². The average Bonchev–Trinajstić information content (AvgIpc) is 2.09. The van der Waals surface area contributed by atoms with Crippen molar-refractivity contribution in [3.05, 3.63) is 42.1 Å². The normalized spacial score (nSPS) is 9.75. The molecule has 63 valence electrons. The molecule has 0 aliphatic heterocycles. The van der Waals surface area contributed by atoms with Gasteiger partial charge < -0.3 is 4.79 Å². The van der Waals surface area contributed by atoms with Crippen LogP contribution < -0.4 is 0 Å². The molecule has 0 heterocycles. The van der Waals surface area contributed by atoms with E-state index in [0.29, 0.717) is 6.42 Å². The fourth-order valence-corrected chi connectivity index (χ4v) is 0.917. The molecule has 1 radical (unpaired) electrons. The van der Waals surface area contributed by atoms with Crippen molar-refractivity contribution in [1.82, 2.24) is 0 Å². The first-order valence-corrected chi connectivity index (χ1v) is 3.85. The van der Waals surface area contributed by atoms with Gasteiger partial charge in [0.15, 0.2) is 0 Å². The van der Waals surface area contributed by atoms with Gasteiger partial charge in [-0.25, -0.2) is 4.39 Å². The highest BCUT2D eigenvalue weighted by molar-refractivity contribution is 5.49. The topological polar surface area (TPSA) is 17.1 Å². The molecule has 0 saturated heterocycles. The van der Waals surface area contributed by atoms with Crippen molar-refractivity contribution in [2.24, 2.45) is 0 Å². The summed E-state index contributed by atoms with van der Waals surface area (Å²) in [6, 6.07) is 6.21. The molecular weight excluding hydrogens is 155 g/mol. The van der Waals surface area contributed by atoms with Crippen molar-refractivity contribution in [2.75, 3.05) is 0 Å². The maximum atomic E-state index is 12.4. The van der Waals surface area contributed by atoms with Gasteiger partial charge in [0.1, 0.15) is 12.1 Å². The predicted molar refractivity (Wildman–Crippen MR) is 45.1 cm³/mol. The van der Waals surface area contributed by atoms with Crippen molar-refractivity contribution >= 4 is 6.29 Å². The molecule has 2 heteroatoms. The van der Waals surface area contributed by atoms with Gasteiger partial charge in [-0.1, -0.05) is 12.1 Å². The van der Waals surface area contributed by atoms with Crippen LogP contribution in [0, 0.1) is 12.2 Å². The van der Waals surface area contributed by atoms with E-state index in [1.54, 1.807) is 12.1 Å². The van der Waals surface area contributed by atoms with E-state index in [0.717, 1.165) is 18.3 Å². The van der Waals surface area contributed by atoms with E-state index in [-0.39, 0.29) is 5.82 Å². The highest BCUT2D eigenvalue weighted by atomic mass is 19.1. The van der Waals surface area contributed by atoms with Gasteiger partial charge in [0, 0.05) is 6.42 Å². The SMILES string of the molecule is O=CCC[CH]c1ccc(F)cc1. The third-order valence-corrected chi connectivity index (χ3v) is 1.53. The molecule has 0 amide bonds. The second-order valence-electron chi connectivity index (χ2n) is 2.50. The summed E-state index contributed by atoms with van der Waals surface area (Å²) in [6.45, 7) is 0. The Morgan fingerprint density at radius 2 is 1.83 bits per heavy atom. The maximum Gasteiger partial charge on any atom is 0.123 e. The molecule has 12 heavy (non-hydrogen) atoms. The van der Waals surface area contributed by atoms with Crippen LogP contribution in [-0.2, 0) is 4.79 Å². The molecule has 0 atom stereocenters. The average molecular weight is 165 g/mol. The predicted octanol–water partition coefficient (Wildman–Crippen LogP) is 2.36. The third kappa shape index (κ3) is 2.82. The summed E-state index contributed by atoms with van der Waals surface area (Å²) in [5.74, 6) is -0.234. The monoisotopic (exact) mass is 165 g/mol. The lowest BCUT2D eigenvalue weighted by atomic mass is 10.1. The number of hydrogen-bond acceptors (Lipinski definition) is 1. The van der Waals surface area contributed by atoms with Crippen LogP contribution >= 0.6 is 0 Å². The van der Waals surface area contributed by atoms with Gasteiger partial charge in [-0.2, -0.15) is 0 Å². The van der Waals surface area contributed by atoms with E-state index >= 15 is 0 Å². The van der Waals surface area contributed by atoms with Crippen molar-refractivity contribution in [1.29, 1.82) is 0 Å². The van der Waals surface area contributed by atoms with Crippen LogP contribution in [0.25, 0.3) is 0 Å². The second kappa shape index (κ2) is 4.65. The van der Waals surface area contributed by atoms with E-state index in [2.05, 4.69) is 0 Å². The van der Waals surface area contributed by atoms with Crippen molar-refractivity contribution in [3.63, 3.8) is 0 Å². The second-order valence-corrected chi connectivity index (χ2v) is 2.50. The number of hydrogen-bond donors (Lipinski definition) is 0. The molecule has 0 bridgehead atoms. The van der Waals surface area contributed by atoms with Crippen LogP contribution in [0.4, 0.5) is 4.39 Å². The minimum absolute atomic E-state index is 0.234. The number of benzene rings is 1. The summed E-state index contributed by atoms with van der Waals surface area (Å²) >= 11 is 0. The molecule has 0 aliphatic rings. The van der Waals surface area contributed by atoms with E-state index in [1.165, 1.54) is 12.1 Å². The lowest BCUT2D eigenvalue weighted by Gasteiger charge is -1.96. The summed E-state index contributed by atoms with van der Waals surface area (Å²) in [5, 5.41) is 0. The molecule has 1 aromatic rings. The fraction of sp³-hybridized carbons (Fsp3) is 0.200. The Balaban J connectivity index is 2.42. The van der Waals surface area contributed by atoms with E-state index in [1.807, 2.05) is 6.42 Å². The van der Waals surface area contributed by atoms with Gasteiger partial charge in [-0.15, -0.1) is 0 Å². The summed E-state index contributed by atoms with van der Waals surface area (Å²) < 4.78 is 12.4. The van der Waals surface area contributed by atoms with Crippen molar-refractivity contribution in [2.45, 2.75) is 12.8 Å². The van der Waals surface area contributed by atoms with Gasteiger partial charge in [0.25, 0.3) is 0 Å². The first-order chi connectivity index (χ1) is 5.83. The number of carbonyl (C=O) groups is 1. The zero-order valence-electron chi connectivity index (χ0n) is 6.66. The van der Waals surface area contributed by atoms with Crippen LogP contribution in [0.3, 0.4) is 0 Å². The number of unbranched alkanes of at least 4 members (excludes halogenated alkanes) is 1. The molecular formula is C10H10FO. The van der Waals surface area contributed by atoms with Gasteiger partial charge in [0.2, 0.25) is 0 Å². The first kappa shape index (κ1) is 8.91. The van der Waals surface area contributed by atoms with Gasteiger partial charge >= 0.3 is 0 Å². The maximum absolute atomic E-state index is 12.4. The molecule has 0 spiro atoms. The van der Waals surface area contributed by atoms with Gasteiger partial charge in [-0.05, 0) is 30.5 Å². The molecule has 0 aromatic heterocycles. The Bertz CT molecular complexity index is 241. The van der Waals surface area contributed by atoms with E-state index in [9.17, 15) is 9.18 Å². The lowest BCUT2D eigenvalue weighted by molar-refractivity contribution is -0.107. The largest absolute Gasteiger partial charge is 0.303 e. The summed E-state index contributed by atoms with van der Waals surface area (Å²) in [6.07, 6.45) is 4.03. The van der Waals surface area contributed by atoms with Gasteiger partial charge in [-0.3, -0.25) is 0 Å². The molecule has 0 unspecified atom stereocenters. The molecule has 0 N–H and O–H groups in total. The minimum Gasteiger partial charge on any atom is -0.303 e. The number of aldehydes is 1. The van der Waals surface area contributed by atoms with Crippen LogP contribution in [0.2, 0.25) is 0 Å². The fourth-order valence-electron chi connectivity index (χ4n) is 0.917. The van der Waals surface area contributed by atoms with Crippen LogP contribution in [-0.4, -0.2) is 6.29 Å². The summed E-state index contributed by atoms with van der Waals surface area (Å²) in [7, 11) is 0. The molecule has 0 aliphatic carbocycles. The quantitative estimate of drug-likeness (QED) is 0.494. The Morgan fingerprint density at radius 1 is 1.17 bits per heavy atom. The van der Waals surface area contributed by atoms with Crippen LogP contribution in [0.1, 0.15) is 18.4 Å². The zero-order valence-corrected chi connectivity index (χ0v) is 6.66. The van der Waals surface area contributed by atoms with E-state index in [4.69, 9.17) is 0 Å². The first-order valence-electron chi connectivity index (χ1n) is 3.85. The lowest BCUT2D eigenvalue weighted by Crippen LogP contribution is -1.83. The Kier molecular flexibility index (Phi) is 3.45. The molecule has 1 aromatic carbocycles. The molecule has 0 fully saturated rings. The zero-order chi connectivity index (χ0) is 8.81. The van der Waals surface area contributed by atoms with Crippen molar-refractivity contribution < 1.29 is 9.18 Å². The molecule has 0 saturated carbocycles. The highest BCUT2D eigenvalue weighted by Gasteiger charge is 1.93. The highest BCUT2D eigenvalue weighted by Crippen LogP contribution is 2.07. The van der Waals surface area contributed by atoms with Crippen molar-refractivity contribution in [3.8, 4) is 0 Å². The summed E-state index contributed by atoms with van der Waals surface area (Å²) in [5.41, 5.74) is 0.957. The number of rotatable bonds is 4. The number of carbonyl (C=O) groups excluding carboxylic acids is 1. The van der Waals surface area contributed by atoms with Crippen LogP contribution in [0.5, 0.6) is 0 Å². The smallest absolute Gasteiger partial charge is 0.123 e. The molecule has 1 nitrogen and oxygen atoms in total. The summed E-state index contributed by atoms with van der Waals surface area (Å²) in [4.78, 5) is 9.97. The Morgan fingerprint density at radius 3 is 2.42 bits per heavy atom. The Labute approximate surface area is 71.2 Å². The van der Waals surface area contributed by atoms with Gasteiger partial charge in [0.05, 0.1) is 0 Å². The molecule has 1 rings (SSSR count). The standard InChI is InChI=1S/C10H10FO/c11-10-6-4-9(5-7-10)3-1-2-8-12/h3-8H,1-2H2. The minimum atomic E-state index is -0.234. The third-order valence-electron chi connectivity index (χ3n) is 1.53. The Hall–Kier alpha value is -1.18. The van der Waals surface area contributed by atoms with E-state index < -0.39 is 0 Å². The number of halogens is 1.